The van der Waals surface area contributed by atoms with E-state index in [4.69, 9.17) is 0 Å². The Morgan fingerprint density at radius 1 is 1.25 bits per heavy atom. The van der Waals surface area contributed by atoms with Gasteiger partial charge in [-0.2, -0.15) is 0 Å². The molecule has 1 rings (SSSR count). The number of benzene rings is 1. The second kappa shape index (κ2) is 4.45. The average molecular weight is 241 g/mol. The lowest BCUT2D eigenvalue weighted by molar-refractivity contribution is 0.590. The van der Waals surface area contributed by atoms with Crippen LogP contribution >= 0.6 is 0 Å². The number of hydrogen-bond donors (Lipinski definition) is 1. The van der Waals surface area contributed by atoms with Crippen LogP contribution in [0.25, 0.3) is 0 Å². The fourth-order valence-electron chi connectivity index (χ4n) is 1.30. The molecule has 0 spiro atoms. The van der Waals surface area contributed by atoms with Gasteiger partial charge in [-0.1, -0.05) is 32.9 Å². The van der Waals surface area contributed by atoms with Gasteiger partial charge in [0.1, 0.15) is 0 Å². The van der Waals surface area contributed by atoms with Gasteiger partial charge >= 0.3 is 0 Å². The van der Waals surface area contributed by atoms with Crippen molar-refractivity contribution in [2.75, 3.05) is 10.5 Å². The zero-order chi connectivity index (χ0) is 12.4. The first kappa shape index (κ1) is 13.0. The van der Waals surface area contributed by atoms with Crippen LogP contribution in [-0.4, -0.2) is 14.2 Å². The predicted molar refractivity (Wildman–Crippen MR) is 68.2 cm³/mol. The van der Waals surface area contributed by atoms with E-state index >= 15 is 0 Å². The van der Waals surface area contributed by atoms with Gasteiger partial charge < -0.3 is 0 Å². The van der Waals surface area contributed by atoms with E-state index in [2.05, 4.69) is 25.5 Å². The molecule has 0 aliphatic carbocycles. The Morgan fingerprint density at radius 2 is 1.88 bits per heavy atom. The van der Waals surface area contributed by atoms with Crippen molar-refractivity contribution in [3.05, 3.63) is 29.8 Å². The van der Waals surface area contributed by atoms with Gasteiger partial charge in [-0.15, -0.1) is 0 Å². The third-order valence-corrected chi connectivity index (χ3v) is 3.69. The third-order valence-electron chi connectivity index (χ3n) is 2.38. The predicted octanol–water partition coefficient (Wildman–Crippen LogP) is 2.75. The highest BCUT2D eigenvalue weighted by Crippen LogP contribution is 2.24. The SMILES string of the molecule is CCS(=O)(=O)Nc1cccc(C(C)(C)C)c1. The van der Waals surface area contributed by atoms with Crippen LogP contribution in [-0.2, 0) is 15.4 Å². The van der Waals surface area contributed by atoms with Crippen molar-refractivity contribution in [2.24, 2.45) is 0 Å². The minimum atomic E-state index is -3.18. The molecule has 0 aliphatic rings. The molecule has 0 aliphatic heterocycles. The largest absolute Gasteiger partial charge is 0.284 e. The van der Waals surface area contributed by atoms with Crippen LogP contribution in [0.2, 0.25) is 0 Å². The normalized spacial score (nSPS) is 12.5. The maximum absolute atomic E-state index is 11.4. The van der Waals surface area contributed by atoms with E-state index in [9.17, 15) is 8.42 Å². The van der Waals surface area contributed by atoms with Crippen molar-refractivity contribution < 1.29 is 8.42 Å². The molecule has 0 aromatic heterocycles. The van der Waals surface area contributed by atoms with Crippen LogP contribution in [0.15, 0.2) is 24.3 Å². The molecular weight excluding hydrogens is 222 g/mol. The molecule has 0 unspecified atom stereocenters. The smallest absolute Gasteiger partial charge is 0.232 e. The molecule has 0 heterocycles. The van der Waals surface area contributed by atoms with Crippen LogP contribution in [0.1, 0.15) is 33.3 Å². The molecule has 16 heavy (non-hydrogen) atoms. The summed E-state index contributed by atoms with van der Waals surface area (Å²) in [5.41, 5.74) is 1.77. The number of nitrogens with one attached hydrogen (secondary N) is 1. The van der Waals surface area contributed by atoms with E-state index in [0.717, 1.165) is 5.56 Å². The van der Waals surface area contributed by atoms with E-state index < -0.39 is 10.0 Å². The Kier molecular flexibility index (Phi) is 3.63. The molecule has 0 amide bonds. The Labute approximate surface area is 97.9 Å². The van der Waals surface area contributed by atoms with E-state index in [1.807, 2.05) is 18.2 Å². The third kappa shape index (κ3) is 3.52. The first-order valence-electron chi connectivity index (χ1n) is 5.35. The molecule has 4 heteroatoms. The number of rotatable bonds is 3. The summed E-state index contributed by atoms with van der Waals surface area (Å²) >= 11 is 0. The molecule has 3 nitrogen and oxygen atoms in total. The number of hydrogen-bond acceptors (Lipinski definition) is 2. The molecule has 90 valence electrons. The maximum Gasteiger partial charge on any atom is 0.232 e. The van der Waals surface area contributed by atoms with Crippen molar-refractivity contribution in [2.45, 2.75) is 33.1 Å². The van der Waals surface area contributed by atoms with Crippen LogP contribution in [0, 0.1) is 0 Å². The zero-order valence-corrected chi connectivity index (χ0v) is 11.1. The monoisotopic (exact) mass is 241 g/mol. The van der Waals surface area contributed by atoms with E-state index in [1.54, 1.807) is 13.0 Å². The van der Waals surface area contributed by atoms with E-state index in [-0.39, 0.29) is 11.2 Å². The van der Waals surface area contributed by atoms with Crippen molar-refractivity contribution in [1.82, 2.24) is 0 Å². The van der Waals surface area contributed by atoms with Crippen LogP contribution < -0.4 is 4.72 Å². The summed E-state index contributed by atoms with van der Waals surface area (Å²) in [5, 5.41) is 0. The van der Waals surface area contributed by atoms with Gasteiger partial charge in [-0.3, -0.25) is 4.72 Å². The molecule has 0 saturated carbocycles. The van der Waals surface area contributed by atoms with E-state index in [1.165, 1.54) is 0 Å². The first-order valence-corrected chi connectivity index (χ1v) is 7.01. The lowest BCUT2D eigenvalue weighted by atomic mass is 9.87. The lowest BCUT2D eigenvalue weighted by Gasteiger charge is -2.20. The van der Waals surface area contributed by atoms with Gasteiger partial charge in [0.25, 0.3) is 0 Å². The molecule has 0 radical (unpaired) electrons. The second-order valence-electron chi connectivity index (χ2n) is 4.84. The molecular formula is C12H19NO2S. The standard InChI is InChI=1S/C12H19NO2S/c1-5-16(14,15)13-11-8-6-7-10(9-11)12(2,3)4/h6-9,13H,5H2,1-4H3. The Morgan fingerprint density at radius 3 is 2.38 bits per heavy atom. The van der Waals surface area contributed by atoms with Crippen LogP contribution in [0.5, 0.6) is 0 Å². The Balaban J connectivity index is 3.01. The average Bonchev–Trinajstić information content (AvgIpc) is 2.16. The van der Waals surface area contributed by atoms with Crippen LogP contribution in [0.3, 0.4) is 0 Å². The van der Waals surface area contributed by atoms with Gasteiger partial charge in [0.05, 0.1) is 5.75 Å². The van der Waals surface area contributed by atoms with Gasteiger partial charge in [-0.25, -0.2) is 8.42 Å². The zero-order valence-electron chi connectivity index (χ0n) is 10.2. The lowest BCUT2D eigenvalue weighted by Crippen LogP contribution is -2.16. The fraction of sp³-hybridized carbons (Fsp3) is 0.500. The molecule has 1 N–H and O–H groups in total. The Bertz CT molecular complexity index is 458. The van der Waals surface area contributed by atoms with Gasteiger partial charge in [0.15, 0.2) is 0 Å². The molecule has 0 saturated heterocycles. The summed E-state index contributed by atoms with van der Waals surface area (Å²) in [7, 11) is -3.18. The van der Waals surface area contributed by atoms with Crippen molar-refractivity contribution in [3.63, 3.8) is 0 Å². The summed E-state index contributed by atoms with van der Waals surface area (Å²) in [6, 6.07) is 7.52. The highest BCUT2D eigenvalue weighted by Gasteiger charge is 2.14. The highest BCUT2D eigenvalue weighted by atomic mass is 32.2. The molecule has 1 aromatic rings. The number of sulfonamides is 1. The summed E-state index contributed by atoms with van der Waals surface area (Å²) in [6.07, 6.45) is 0. The summed E-state index contributed by atoms with van der Waals surface area (Å²) in [5.74, 6) is 0.0900. The summed E-state index contributed by atoms with van der Waals surface area (Å²) < 4.78 is 25.4. The van der Waals surface area contributed by atoms with Crippen molar-refractivity contribution in [1.29, 1.82) is 0 Å². The molecule has 0 fully saturated rings. The second-order valence-corrected chi connectivity index (χ2v) is 6.85. The minimum absolute atomic E-state index is 0.0215. The van der Waals surface area contributed by atoms with Gasteiger partial charge in [-0.05, 0) is 30.0 Å². The number of anilines is 1. The minimum Gasteiger partial charge on any atom is -0.284 e. The quantitative estimate of drug-likeness (QED) is 0.884. The fourth-order valence-corrected chi connectivity index (χ4v) is 1.93. The summed E-state index contributed by atoms with van der Waals surface area (Å²) in [6.45, 7) is 7.91. The Hall–Kier alpha value is -1.03. The molecule has 0 bridgehead atoms. The topological polar surface area (TPSA) is 46.2 Å². The van der Waals surface area contributed by atoms with Crippen LogP contribution in [0.4, 0.5) is 5.69 Å². The summed E-state index contributed by atoms with van der Waals surface area (Å²) in [4.78, 5) is 0. The first-order chi connectivity index (χ1) is 7.24. The van der Waals surface area contributed by atoms with Gasteiger partial charge in [0, 0.05) is 5.69 Å². The van der Waals surface area contributed by atoms with Crippen molar-refractivity contribution >= 4 is 15.7 Å². The van der Waals surface area contributed by atoms with Crippen molar-refractivity contribution in [3.8, 4) is 0 Å². The van der Waals surface area contributed by atoms with Gasteiger partial charge in [0.2, 0.25) is 10.0 Å². The maximum atomic E-state index is 11.4. The molecule has 1 aromatic carbocycles. The molecule has 0 atom stereocenters. The highest BCUT2D eigenvalue weighted by molar-refractivity contribution is 7.92. The van der Waals surface area contributed by atoms with E-state index in [0.29, 0.717) is 5.69 Å².